The second-order valence-corrected chi connectivity index (χ2v) is 7.54. The van der Waals surface area contributed by atoms with Gasteiger partial charge in [0.1, 0.15) is 5.69 Å². The molecule has 2 fully saturated rings. The van der Waals surface area contributed by atoms with Crippen molar-refractivity contribution in [2.45, 2.75) is 39.2 Å². The molecule has 3 heterocycles. The number of piperidine rings is 1. The van der Waals surface area contributed by atoms with E-state index in [0.717, 1.165) is 25.8 Å². The van der Waals surface area contributed by atoms with Gasteiger partial charge in [-0.25, -0.2) is 0 Å². The highest BCUT2D eigenvalue weighted by Gasteiger charge is 2.50. The Kier molecular flexibility index (Phi) is 4.17. The monoisotopic (exact) mass is 337 g/mol. The molecule has 0 aliphatic carbocycles. The minimum Gasteiger partial charge on any atom is -0.345 e. The first-order valence-corrected chi connectivity index (χ1v) is 8.64. The smallest absolute Gasteiger partial charge is 0.270 e. The van der Waals surface area contributed by atoms with Gasteiger partial charge in [0.15, 0.2) is 0 Å². The van der Waals surface area contributed by atoms with Gasteiger partial charge in [-0.2, -0.15) is 0 Å². The van der Waals surface area contributed by atoms with Crippen LogP contribution in [-0.4, -0.2) is 51.9 Å². The summed E-state index contributed by atoms with van der Waals surface area (Å²) in [7, 11) is 1.82. The molecule has 2 aliphatic rings. The van der Waals surface area contributed by atoms with E-state index in [-0.39, 0.29) is 23.3 Å². The van der Waals surface area contributed by atoms with E-state index in [9.17, 15) is 9.59 Å². The number of halogens is 1. The molecule has 0 bridgehead atoms. The molecule has 0 N–H and O–H groups in total. The Labute approximate surface area is 142 Å². The van der Waals surface area contributed by atoms with Crippen LogP contribution in [0.3, 0.4) is 0 Å². The van der Waals surface area contributed by atoms with Crippen molar-refractivity contribution in [1.29, 1.82) is 0 Å². The predicted octanol–water partition coefficient (Wildman–Crippen LogP) is 2.54. The largest absolute Gasteiger partial charge is 0.345 e. The fraction of sp³-hybridized carbons (Fsp3) is 0.647. The third-order valence-corrected chi connectivity index (χ3v) is 5.43. The van der Waals surface area contributed by atoms with E-state index in [1.807, 2.05) is 16.8 Å². The molecule has 3 rings (SSSR count). The van der Waals surface area contributed by atoms with Gasteiger partial charge in [-0.05, 0) is 39.2 Å². The quantitative estimate of drug-likeness (QED) is 0.832. The van der Waals surface area contributed by atoms with Crippen molar-refractivity contribution >= 4 is 23.4 Å². The average molecular weight is 338 g/mol. The first-order valence-electron chi connectivity index (χ1n) is 8.26. The number of amides is 2. The van der Waals surface area contributed by atoms with Gasteiger partial charge in [0.2, 0.25) is 5.91 Å². The molecule has 1 aromatic rings. The summed E-state index contributed by atoms with van der Waals surface area (Å²) in [6.07, 6.45) is 4.39. The number of aromatic nitrogens is 1. The van der Waals surface area contributed by atoms with Crippen LogP contribution in [0, 0.1) is 5.41 Å². The second kappa shape index (κ2) is 5.86. The number of carbonyl (C=O) groups excluding carboxylic acids is 2. The zero-order chi connectivity index (χ0) is 16.8. The van der Waals surface area contributed by atoms with E-state index >= 15 is 0 Å². The molecule has 6 heteroatoms. The van der Waals surface area contributed by atoms with Crippen LogP contribution in [0.25, 0.3) is 0 Å². The fourth-order valence-electron chi connectivity index (χ4n) is 3.92. The van der Waals surface area contributed by atoms with E-state index in [1.165, 1.54) is 0 Å². The van der Waals surface area contributed by atoms with Gasteiger partial charge in [0, 0.05) is 38.9 Å². The normalized spacial score (nSPS) is 25.0. The van der Waals surface area contributed by atoms with Gasteiger partial charge in [-0.1, -0.05) is 11.6 Å². The van der Waals surface area contributed by atoms with E-state index < -0.39 is 0 Å². The molecule has 1 atom stereocenters. The fourth-order valence-corrected chi connectivity index (χ4v) is 4.17. The molecule has 23 heavy (non-hydrogen) atoms. The maximum Gasteiger partial charge on any atom is 0.270 e. The number of likely N-dealkylation sites (tertiary alicyclic amines) is 2. The summed E-state index contributed by atoms with van der Waals surface area (Å²) in [4.78, 5) is 29.5. The number of aryl methyl sites for hydroxylation is 1. The van der Waals surface area contributed by atoms with E-state index in [4.69, 9.17) is 11.6 Å². The lowest BCUT2D eigenvalue weighted by atomic mass is 9.78. The number of rotatable bonds is 2. The minimum absolute atomic E-state index is 0.0363. The van der Waals surface area contributed by atoms with Crippen molar-refractivity contribution in [2.24, 2.45) is 12.5 Å². The van der Waals surface area contributed by atoms with Gasteiger partial charge < -0.3 is 14.4 Å². The van der Waals surface area contributed by atoms with Crippen molar-refractivity contribution in [2.75, 3.05) is 19.6 Å². The Morgan fingerprint density at radius 1 is 1.30 bits per heavy atom. The zero-order valence-corrected chi connectivity index (χ0v) is 14.8. The summed E-state index contributed by atoms with van der Waals surface area (Å²) in [5.74, 6) is 0.185. The summed E-state index contributed by atoms with van der Waals surface area (Å²) < 4.78 is 1.75. The number of hydrogen-bond acceptors (Lipinski definition) is 2. The van der Waals surface area contributed by atoms with Gasteiger partial charge in [0.05, 0.1) is 10.4 Å². The lowest BCUT2D eigenvalue weighted by molar-refractivity contribution is -0.147. The Morgan fingerprint density at radius 2 is 2.04 bits per heavy atom. The zero-order valence-electron chi connectivity index (χ0n) is 14.0. The summed E-state index contributed by atoms with van der Waals surface area (Å²) >= 11 is 5.98. The molecule has 2 amide bonds. The number of carbonyl (C=O) groups is 2. The van der Waals surface area contributed by atoms with Crippen molar-refractivity contribution in [1.82, 2.24) is 14.4 Å². The summed E-state index contributed by atoms with van der Waals surface area (Å²) in [6, 6.07) is 1.91. The molecule has 2 aliphatic heterocycles. The van der Waals surface area contributed by atoms with Crippen LogP contribution in [0.4, 0.5) is 0 Å². The standard InChI is InChI=1S/C17H24ClN3O2/c1-12(2)21-7-4-5-17(16(21)23)6-8-20(11-17)15(22)14-9-13(18)10-19(14)3/h9-10,12H,4-8,11H2,1-3H3. The molecular weight excluding hydrogens is 314 g/mol. The first-order chi connectivity index (χ1) is 10.8. The molecule has 1 aromatic heterocycles. The second-order valence-electron chi connectivity index (χ2n) is 7.11. The van der Waals surface area contributed by atoms with Crippen LogP contribution in [0.1, 0.15) is 43.6 Å². The van der Waals surface area contributed by atoms with Crippen molar-refractivity contribution in [3.8, 4) is 0 Å². The Balaban J connectivity index is 1.78. The average Bonchev–Trinajstić information content (AvgIpc) is 3.05. The third-order valence-electron chi connectivity index (χ3n) is 5.22. The van der Waals surface area contributed by atoms with Gasteiger partial charge >= 0.3 is 0 Å². The Morgan fingerprint density at radius 3 is 2.65 bits per heavy atom. The molecule has 0 saturated carbocycles. The van der Waals surface area contributed by atoms with E-state index in [0.29, 0.717) is 23.8 Å². The van der Waals surface area contributed by atoms with Crippen LogP contribution in [0.5, 0.6) is 0 Å². The number of hydrogen-bond donors (Lipinski definition) is 0. The van der Waals surface area contributed by atoms with Crippen molar-refractivity contribution in [3.63, 3.8) is 0 Å². The highest BCUT2D eigenvalue weighted by molar-refractivity contribution is 6.31. The van der Waals surface area contributed by atoms with Gasteiger partial charge in [-0.3, -0.25) is 9.59 Å². The van der Waals surface area contributed by atoms with Crippen LogP contribution in [0.15, 0.2) is 12.3 Å². The van der Waals surface area contributed by atoms with Gasteiger partial charge in [-0.15, -0.1) is 0 Å². The lowest BCUT2D eigenvalue weighted by Gasteiger charge is -2.41. The van der Waals surface area contributed by atoms with Crippen LogP contribution in [-0.2, 0) is 11.8 Å². The lowest BCUT2D eigenvalue weighted by Crippen LogP contribution is -2.52. The van der Waals surface area contributed by atoms with Gasteiger partial charge in [0.25, 0.3) is 5.91 Å². The Bertz CT molecular complexity index is 640. The summed E-state index contributed by atoms with van der Waals surface area (Å²) in [5.41, 5.74) is 0.198. The molecule has 5 nitrogen and oxygen atoms in total. The molecule has 2 saturated heterocycles. The van der Waals surface area contributed by atoms with E-state index in [2.05, 4.69) is 13.8 Å². The molecule has 0 aromatic carbocycles. The minimum atomic E-state index is -0.382. The van der Waals surface area contributed by atoms with Crippen molar-refractivity contribution < 1.29 is 9.59 Å². The molecule has 1 spiro atoms. The molecule has 0 radical (unpaired) electrons. The molecule has 1 unspecified atom stereocenters. The maximum absolute atomic E-state index is 12.9. The third kappa shape index (κ3) is 2.75. The van der Waals surface area contributed by atoms with Crippen LogP contribution in [0.2, 0.25) is 5.02 Å². The maximum atomic E-state index is 12.9. The van der Waals surface area contributed by atoms with Crippen molar-refractivity contribution in [3.05, 3.63) is 23.0 Å². The molecular formula is C17H24ClN3O2. The summed E-state index contributed by atoms with van der Waals surface area (Å²) in [5, 5.41) is 0.560. The van der Waals surface area contributed by atoms with Crippen LogP contribution >= 0.6 is 11.6 Å². The first kappa shape index (κ1) is 16.4. The highest BCUT2D eigenvalue weighted by Crippen LogP contribution is 2.41. The number of nitrogens with zero attached hydrogens (tertiary/aromatic N) is 3. The molecule has 126 valence electrons. The topological polar surface area (TPSA) is 45.5 Å². The highest BCUT2D eigenvalue weighted by atomic mass is 35.5. The summed E-state index contributed by atoms with van der Waals surface area (Å²) in [6.45, 7) is 6.11. The van der Waals surface area contributed by atoms with Crippen LogP contribution < -0.4 is 0 Å². The Hall–Kier alpha value is -1.49. The SMILES string of the molecule is CC(C)N1CCCC2(CCN(C(=O)c3cc(Cl)cn3C)C2)C1=O. The van der Waals surface area contributed by atoms with E-state index in [1.54, 1.807) is 16.8 Å². The predicted molar refractivity (Wildman–Crippen MR) is 89.5 cm³/mol.